The van der Waals surface area contributed by atoms with E-state index >= 15 is 0 Å². The lowest BCUT2D eigenvalue weighted by Gasteiger charge is -2.24. The summed E-state index contributed by atoms with van der Waals surface area (Å²) in [5.41, 5.74) is 0. The first-order chi connectivity index (χ1) is 43.0. The Balaban J connectivity index is 3.96. The van der Waals surface area contributed by atoms with Crippen molar-refractivity contribution in [1.29, 1.82) is 0 Å². The van der Waals surface area contributed by atoms with E-state index in [1.807, 2.05) is 21.1 Å². The molecule has 0 aliphatic heterocycles. The number of unbranched alkanes of at least 4 members (excludes halogenated alkanes) is 38. The summed E-state index contributed by atoms with van der Waals surface area (Å²) >= 11 is 0. The SMILES string of the molecule is CC/C=C\C/C=C\C/C=C\C/C=C\C/C=C\C/C=C\CCCCCCCCC(=O)OC(COC(=O)CCCCCCCCCCCCCCCCCCCCCCCCCCCCC/C=C\C/C=C\CCCCCCC)COP(=O)(O)OCC[N+](C)(C)C. The lowest BCUT2D eigenvalue weighted by atomic mass is 10.0. The van der Waals surface area contributed by atoms with E-state index in [1.165, 1.54) is 199 Å². The molecule has 0 bridgehead atoms. The van der Waals surface area contributed by atoms with Gasteiger partial charge in [0.05, 0.1) is 27.7 Å². The first-order valence-electron chi connectivity index (χ1n) is 37.0. The Morgan fingerprint density at radius 3 is 0.966 bits per heavy atom. The fourth-order valence-electron chi connectivity index (χ4n) is 10.5. The van der Waals surface area contributed by atoms with E-state index in [0.29, 0.717) is 17.4 Å². The second kappa shape index (κ2) is 68.3. The third kappa shape index (κ3) is 72.0. The Hall–Kier alpha value is -3.07. The van der Waals surface area contributed by atoms with Crippen LogP contribution >= 0.6 is 7.82 Å². The van der Waals surface area contributed by atoms with Crippen LogP contribution in [0, 0.1) is 0 Å². The molecule has 0 spiro atoms. The van der Waals surface area contributed by atoms with Crippen molar-refractivity contribution in [1.82, 2.24) is 0 Å². The smallest absolute Gasteiger partial charge is 0.462 e. The van der Waals surface area contributed by atoms with Gasteiger partial charge in [-0.3, -0.25) is 18.6 Å². The zero-order valence-electron chi connectivity index (χ0n) is 58.2. The first kappa shape index (κ1) is 84.9. The van der Waals surface area contributed by atoms with Crippen LogP contribution in [0.15, 0.2) is 97.2 Å². The largest absolute Gasteiger partial charge is 0.472 e. The lowest BCUT2D eigenvalue weighted by Crippen LogP contribution is -2.37. The van der Waals surface area contributed by atoms with Gasteiger partial charge in [0.1, 0.15) is 19.8 Å². The van der Waals surface area contributed by atoms with Crippen molar-refractivity contribution >= 4 is 19.8 Å². The molecule has 2 atom stereocenters. The minimum atomic E-state index is -4.40. The summed E-state index contributed by atoms with van der Waals surface area (Å²) in [6.07, 6.45) is 95.4. The van der Waals surface area contributed by atoms with Crippen LogP contribution in [0.5, 0.6) is 0 Å². The number of phosphoric acid groups is 1. The van der Waals surface area contributed by atoms with Gasteiger partial charge < -0.3 is 18.9 Å². The third-order valence-corrected chi connectivity index (χ3v) is 17.1. The van der Waals surface area contributed by atoms with Gasteiger partial charge in [0, 0.05) is 12.8 Å². The van der Waals surface area contributed by atoms with E-state index in [0.717, 1.165) is 103 Å². The molecule has 0 heterocycles. The molecule has 0 aromatic carbocycles. The maximum absolute atomic E-state index is 12.9. The summed E-state index contributed by atoms with van der Waals surface area (Å²) in [7, 11) is 1.47. The first-order valence-corrected chi connectivity index (χ1v) is 38.5. The van der Waals surface area contributed by atoms with Crippen molar-refractivity contribution in [3.05, 3.63) is 97.2 Å². The van der Waals surface area contributed by atoms with Gasteiger partial charge in [0.15, 0.2) is 6.10 Å². The monoisotopic (exact) mass is 1250 g/mol. The number of esters is 2. The molecule has 510 valence electrons. The molecule has 0 aliphatic carbocycles. The summed E-state index contributed by atoms with van der Waals surface area (Å²) in [5, 5.41) is 0. The molecule has 0 aromatic heterocycles. The highest BCUT2D eigenvalue weighted by molar-refractivity contribution is 7.47. The summed E-state index contributed by atoms with van der Waals surface area (Å²) in [5.74, 6) is -0.806. The number of rotatable bonds is 68. The molecule has 1 N–H and O–H groups in total. The van der Waals surface area contributed by atoms with Crippen LogP contribution in [0.4, 0.5) is 0 Å². The zero-order chi connectivity index (χ0) is 64.1. The number of nitrogens with zero attached hydrogens (tertiary/aromatic N) is 1. The lowest BCUT2D eigenvalue weighted by molar-refractivity contribution is -0.870. The minimum absolute atomic E-state index is 0.0256. The number of hydrogen-bond donors (Lipinski definition) is 1. The van der Waals surface area contributed by atoms with Crippen LogP contribution in [-0.4, -0.2) is 74.9 Å². The Labute approximate surface area is 544 Å². The standard InChI is InChI=1S/C78H140NO8P/c1-6-8-10-12-14-16-18-20-22-24-26-28-30-32-33-34-35-36-37-38-39-40-41-42-43-44-45-47-48-50-52-54-56-58-60-62-64-66-68-70-77(80)84-74-76(75-86-88(82,83)85-73-72-79(3,4)5)87-78(81)71-69-67-65-63-61-59-57-55-53-51-49-46-31-29-27-25-23-21-19-17-15-13-11-9-7-2/h9,11,15,17-18,20-21,23-24,26-27,29,46,49,53,55,76H,6-8,10,12-14,16,19,22,25,28,30-45,47-48,50-52,54,56-75H2,1-5H3/p+1/b11-9-,17-15-,20-18-,23-21-,26-24-,29-27-,49-46-,55-53-. The van der Waals surface area contributed by atoms with Crippen molar-refractivity contribution in [3.63, 3.8) is 0 Å². The highest BCUT2D eigenvalue weighted by Crippen LogP contribution is 2.43. The Morgan fingerprint density at radius 1 is 0.364 bits per heavy atom. The molecule has 0 saturated carbocycles. The van der Waals surface area contributed by atoms with Gasteiger partial charge in [-0.15, -0.1) is 0 Å². The van der Waals surface area contributed by atoms with Crippen LogP contribution in [0.2, 0.25) is 0 Å². The van der Waals surface area contributed by atoms with Crippen LogP contribution < -0.4 is 0 Å². The second-order valence-electron chi connectivity index (χ2n) is 25.9. The summed E-state index contributed by atoms with van der Waals surface area (Å²) < 4.78 is 34.7. The highest BCUT2D eigenvalue weighted by atomic mass is 31.2. The van der Waals surface area contributed by atoms with Crippen LogP contribution in [-0.2, 0) is 32.7 Å². The number of hydrogen-bond acceptors (Lipinski definition) is 7. The van der Waals surface area contributed by atoms with E-state index in [-0.39, 0.29) is 32.0 Å². The average molecular weight is 1250 g/mol. The molecule has 0 aromatic rings. The molecule has 10 heteroatoms. The average Bonchev–Trinajstić information content (AvgIpc) is 3.57. The number of ether oxygens (including phenoxy) is 2. The molecular formula is C78H141NO8P+. The van der Waals surface area contributed by atoms with E-state index in [2.05, 4.69) is 111 Å². The fourth-order valence-corrected chi connectivity index (χ4v) is 11.2. The molecule has 0 aliphatic rings. The van der Waals surface area contributed by atoms with Gasteiger partial charge in [-0.25, -0.2) is 4.57 Å². The molecule has 0 radical (unpaired) electrons. The van der Waals surface area contributed by atoms with Crippen molar-refractivity contribution in [2.75, 3.05) is 47.5 Å². The third-order valence-electron chi connectivity index (χ3n) is 16.1. The number of carbonyl (C=O) groups excluding carboxylic acids is 2. The Morgan fingerprint density at radius 2 is 0.648 bits per heavy atom. The van der Waals surface area contributed by atoms with E-state index in [4.69, 9.17) is 18.5 Å². The van der Waals surface area contributed by atoms with Gasteiger partial charge in [0.25, 0.3) is 0 Å². The Bertz CT molecular complexity index is 1810. The van der Waals surface area contributed by atoms with Gasteiger partial charge in [-0.2, -0.15) is 0 Å². The van der Waals surface area contributed by atoms with Gasteiger partial charge >= 0.3 is 19.8 Å². The predicted octanol–water partition coefficient (Wildman–Crippen LogP) is 24.3. The maximum Gasteiger partial charge on any atom is 0.472 e. The van der Waals surface area contributed by atoms with E-state index in [1.54, 1.807) is 0 Å². The van der Waals surface area contributed by atoms with Gasteiger partial charge in [0.2, 0.25) is 0 Å². The molecule has 9 nitrogen and oxygen atoms in total. The summed E-state index contributed by atoms with van der Waals surface area (Å²) in [6.45, 7) is 4.32. The van der Waals surface area contributed by atoms with Gasteiger partial charge in [-0.1, -0.05) is 323 Å². The number of quaternary nitrogens is 1. The quantitative estimate of drug-likeness (QED) is 0.0211. The van der Waals surface area contributed by atoms with Crippen molar-refractivity contribution in [2.24, 2.45) is 0 Å². The molecule has 0 rings (SSSR count). The topological polar surface area (TPSA) is 108 Å². The number of allylic oxidation sites excluding steroid dienone is 16. The summed E-state index contributed by atoms with van der Waals surface area (Å²) in [6, 6.07) is 0. The van der Waals surface area contributed by atoms with Gasteiger partial charge in [-0.05, 0) is 96.3 Å². The predicted molar refractivity (Wildman–Crippen MR) is 381 cm³/mol. The molecular weight excluding hydrogens is 1110 g/mol. The molecule has 88 heavy (non-hydrogen) atoms. The normalized spacial score (nSPS) is 13.7. The Kier molecular flexibility index (Phi) is 65.9. The van der Waals surface area contributed by atoms with Crippen molar-refractivity contribution in [2.45, 2.75) is 341 Å². The minimum Gasteiger partial charge on any atom is -0.462 e. The van der Waals surface area contributed by atoms with E-state index in [9.17, 15) is 19.0 Å². The van der Waals surface area contributed by atoms with Crippen LogP contribution in [0.25, 0.3) is 0 Å². The number of phosphoric ester groups is 1. The zero-order valence-corrected chi connectivity index (χ0v) is 59.1. The number of likely N-dealkylation sites (N-methyl/N-ethyl adjacent to an activating group) is 1. The van der Waals surface area contributed by atoms with Crippen molar-refractivity contribution in [3.8, 4) is 0 Å². The summed E-state index contributed by atoms with van der Waals surface area (Å²) in [4.78, 5) is 35.9. The fraction of sp³-hybridized carbons (Fsp3) is 0.769. The highest BCUT2D eigenvalue weighted by Gasteiger charge is 2.27. The number of carbonyl (C=O) groups is 2. The second-order valence-corrected chi connectivity index (χ2v) is 27.4. The molecule has 0 amide bonds. The van der Waals surface area contributed by atoms with Crippen molar-refractivity contribution < 1.29 is 42.1 Å². The maximum atomic E-state index is 12.9. The van der Waals surface area contributed by atoms with E-state index < -0.39 is 26.5 Å². The molecule has 2 unspecified atom stereocenters. The van der Waals surface area contributed by atoms with Crippen LogP contribution in [0.3, 0.4) is 0 Å². The molecule has 0 saturated heterocycles. The molecule has 0 fully saturated rings. The van der Waals surface area contributed by atoms with Crippen LogP contribution in [0.1, 0.15) is 335 Å².